The molecule has 1 N–H and O–H groups in total. The van der Waals surface area contributed by atoms with Crippen molar-refractivity contribution < 1.29 is 14.3 Å². The number of hydrogen-bond acceptors (Lipinski definition) is 4. The number of allylic oxidation sites excluding steroid dienone is 3. The first-order valence-corrected chi connectivity index (χ1v) is 9.69. The molecule has 2 saturated heterocycles. The van der Waals surface area contributed by atoms with Gasteiger partial charge in [-0.25, -0.2) is 0 Å². The lowest BCUT2D eigenvalue weighted by Crippen LogP contribution is -2.58. The molecule has 2 aliphatic heterocycles. The van der Waals surface area contributed by atoms with Crippen molar-refractivity contribution >= 4 is 17.9 Å². The van der Waals surface area contributed by atoms with E-state index in [9.17, 15) is 9.59 Å². The Morgan fingerprint density at radius 1 is 1.21 bits per heavy atom. The number of aldehydes is 1. The minimum atomic E-state index is -0.196. The number of carbonyl (C=O) groups is 2. The van der Waals surface area contributed by atoms with Gasteiger partial charge in [0.2, 0.25) is 0 Å². The third-order valence-corrected chi connectivity index (χ3v) is 5.68. The van der Waals surface area contributed by atoms with E-state index in [-0.39, 0.29) is 5.91 Å². The third kappa shape index (κ3) is 4.42. The van der Waals surface area contributed by atoms with Gasteiger partial charge in [0.25, 0.3) is 5.91 Å². The highest BCUT2D eigenvalue weighted by molar-refractivity contribution is 6.07. The Balaban J connectivity index is 1.73. The zero-order chi connectivity index (χ0) is 20.1. The van der Waals surface area contributed by atoms with Gasteiger partial charge in [-0.1, -0.05) is 18.2 Å². The molecular weight excluding hydrogens is 352 g/mol. The van der Waals surface area contributed by atoms with Gasteiger partial charge >= 0.3 is 0 Å². The number of hydrogen-bond donors (Lipinski definition) is 1. The molecule has 0 atom stereocenters. The molecule has 0 aliphatic carbocycles. The number of likely N-dealkylation sites (tertiary alicyclic amines) is 1. The van der Waals surface area contributed by atoms with Crippen LogP contribution in [0.15, 0.2) is 59.8 Å². The summed E-state index contributed by atoms with van der Waals surface area (Å²) >= 11 is 0. The standard InChI is InChI=1S/C23H28N2O3/c1-4-17(2)13-21(22(27)24-20-7-5-19(14-26)6-8-20)18(3)25-15-23(16-25)9-11-28-12-10-23/h4-8,13-14H,3,9-12,15-16H2,1-2H3,(H,24,27)/b17-4-,21-13+. The van der Waals surface area contributed by atoms with Crippen molar-refractivity contribution in [3.63, 3.8) is 0 Å². The van der Waals surface area contributed by atoms with Gasteiger partial charge in [-0.2, -0.15) is 0 Å². The highest BCUT2D eigenvalue weighted by atomic mass is 16.5. The van der Waals surface area contributed by atoms with Gasteiger partial charge in [-0.3, -0.25) is 9.59 Å². The average Bonchev–Trinajstić information content (AvgIpc) is 2.70. The summed E-state index contributed by atoms with van der Waals surface area (Å²) in [7, 11) is 0. The van der Waals surface area contributed by atoms with Gasteiger partial charge in [0.1, 0.15) is 6.29 Å². The number of nitrogens with zero attached hydrogens (tertiary/aromatic N) is 1. The fraction of sp³-hybridized carbons (Fsp3) is 0.391. The van der Waals surface area contributed by atoms with E-state index >= 15 is 0 Å². The second kappa shape index (κ2) is 8.57. The van der Waals surface area contributed by atoms with Crippen LogP contribution in [0.5, 0.6) is 0 Å². The molecule has 0 radical (unpaired) electrons. The van der Waals surface area contributed by atoms with Crippen molar-refractivity contribution in [3.8, 4) is 0 Å². The van der Waals surface area contributed by atoms with Crippen LogP contribution in [0.3, 0.4) is 0 Å². The summed E-state index contributed by atoms with van der Waals surface area (Å²) in [5.41, 5.74) is 3.85. The van der Waals surface area contributed by atoms with Crippen molar-refractivity contribution in [2.45, 2.75) is 26.7 Å². The van der Waals surface area contributed by atoms with Crippen LogP contribution in [0.1, 0.15) is 37.0 Å². The Morgan fingerprint density at radius 3 is 2.43 bits per heavy atom. The molecule has 5 heteroatoms. The van der Waals surface area contributed by atoms with Crippen molar-refractivity contribution in [2.24, 2.45) is 5.41 Å². The lowest BCUT2D eigenvalue weighted by molar-refractivity contribution is -0.113. The van der Waals surface area contributed by atoms with Crippen LogP contribution in [-0.4, -0.2) is 43.4 Å². The molecule has 0 unspecified atom stereocenters. The number of ether oxygens (including phenoxy) is 1. The summed E-state index contributed by atoms with van der Waals surface area (Å²) in [6.07, 6.45) is 6.77. The van der Waals surface area contributed by atoms with E-state index in [2.05, 4.69) is 16.8 Å². The molecule has 0 saturated carbocycles. The van der Waals surface area contributed by atoms with E-state index in [0.29, 0.717) is 22.2 Å². The van der Waals surface area contributed by atoms with Crippen molar-refractivity contribution in [1.29, 1.82) is 0 Å². The molecule has 5 nitrogen and oxygen atoms in total. The van der Waals surface area contributed by atoms with E-state index in [4.69, 9.17) is 4.74 Å². The van der Waals surface area contributed by atoms with Gasteiger partial charge in [0.15, 0.2) is 0 Å². The van der Waals surface area contributed by atoms with Crippen LogP contribution < -0.4 is 5.32 Å². The van der Waals surface area contributed by atoms with Gasteiger partial charge in [-0.05, 0) is 57.0 Å². The minimum Gasteiger partial charge on any atom is -0.381 e. The maximum Gasteiger partial charge on any atom is 0.257 e. The summed E-state index contributed by atoms with van der Waals surface area (Å²) in [6.45, 7) is 11.6. The third-order valence-electron chi connectivity index (χ3n) is 5.68. The minimum absolute atomic E-state index is 0.196. The molecule has 1 aromatic rings. The van der Waals surface area contributed by atoms with Crippen molar-refractivity contribution in [1.82, 2.24) is 4.90 Å². The Morgan fingerprint density at radius 2 is 1.86 bits per heavy atom. The Hall–Kier alpha value is -2.66. The number of nitrogens with one attached hydrogen (secondary N) is 1. The van der Waals surface area contributed by atoms with Crippen molar-refractivity contribution in [2.75, 3.05) is 31.6 Å². The molecule has 1 amide bonds. The van der Waals surface area contributed by atoms with Crippen LogP contribution in [0.4, 0.5) is 5.69 Å². The van der Waals surface area contributed by atoms with Gasteiger partial charge in [0, 0.05) is 48.7 Å². The number of carbonyl (C=O) groups excluding carboxylic acids is 2. The van der Waals surface area contributed by atoms with Gasteiger partial charge in [-0.15, -0.1) is 0 Å². The van der Waals surface area contributed by atoms with E-state index < -0.39 is 0 Å². The number of amides is 1. The SMILES string of the molecule is C=C(/C(=C\C(C)=C/C)C(=O)Nc1ccc(C=O)cc1)N1CC2(CCOCC2)C1. The summed E-state index contributed by atoms with van der Waals surface area (Å²) in [5.74, 6) is -0.196. The molecule has 0 bridgehead atoms. The molecular formula is C23H28N2O3. The van der Waals surface area contributed by atoms with Gasteiger partial charge < -0.3 is 15.0 Å². The fourth-order valence-corrected chi connectivity index (χ4v) is 3.68. The van der Waals surface area contributed by atoms with Crippen LogP contribution in [0.2, 0.25) is 0 Å². The van der Waals surface area contributed by atoms with Gasteiger partial charge in [0.05, 0.1) is 5.57 Å². The summed E-state index contributed by atoms with van der Waals surface area (Å²) in [6, 6.07) is 6.82. The molecule has 28 heavy (non-hydrogen) atoms. The molecule has 1 spiro atoms. The highest BCUT2D eigenvalue weighted by Gasteiger charge is 2.45. The fourth-order valence-electron chi connectivity index (χ4n) is 3.68. The number of rotatable bonds is 6. The average molecular weight is 380 g/mol. The smallest absolute Gasteiger partial charge is 0.257 e. The summed E-state index contributed by atoms with van der Waals surface area (Å²) < 4.78 is 5.49. The second-order valence-electron chi connectivity index (χ2n) is 7.70. The van der Waals surface area contributed by atoms with E-state index in [1.165, 1.54) is 0 Å². The molecule has 1 aromatic carbocycles. The zero-order valence-electron chi connectivity index (χ0n) is 16.7. The first kappa shape index (κ1) is 20.1. The zero-order valence-corrected chi connectivity index (χ0v) is 16.7. The number of benzene rings is 1. The van der Waals surface area contributed by atoms with Crippen LogP contribution in [-0.2, 0) is 9.53 Å². The summed E-state index contributed by atoms with van der Waals surface area (Å²) in [5, 5.41) is 2.92. The lowest BCUT2D eigenvalue weighted by atomic mass is 9.73. The molecule has 2 aliphatic rings. The van der Waals surface area contributed by atoms with E-state index in [0.717, 1.165) is 56.7 Å². The largest absolute Gasteiger partial charge is 0.381 e. The van der Waals surface area contributed by atoms with Crippen molar-refractivity contribution in [3.05, 3.63) is 65.4 Å². The Labute approximate surface area is 166 Å². The first-order valence-electron chi connectivity index (χ1n) is 9.69. The highest BCUT2D eigenvalue weighted by Crippen LogP contribution is 2.42. The Bertz CT molecular complexity index is 807. The molecule has 2 heterocycles. The van der Waals surface area contributed by atoms with E-state index in [1.807, 2.05) is 26.0 Å². The predicted octanol–water partition coefficient (Wildman–Crippen LogP) is 3.96. The van der Waals surface area contributed by atoms with E-state index in [1.54, 1.807) is 24.3 Å². The Kier molecular flexibility index (Phi) is 6.15. The van der Waals surface area contributed by atoms with Crippen LogP contribution in [0.25, 0.3) is 0 Å². The normalized spacial score (nSPS) is 19.1. The first-order chi connectivity index (χ1) is 13.5. The predicted molar refractivity (Wildman–Crippen MR) is 111 cm³/mol. The number of anilines is 1. The molecule has 3 rings (SSSR count). The van der Waals surface area contributed by atoms with Crippen LogP contribution in [0, 0.1) is 5.41 Å². The summed E-state index contributed by atoms with van der Waals surface area (Å²) in [4.78, 5) is 26.0. The maximum atomic E-state index is 13.0. The molecule has 148 valence electrons. The monoisotopic (exact) mass is 380 g/mol. The maximum absolute atomic E-state index is 13.0. The lowest BCUT2D eigenvalue weighted by Gasteiger charge is -2.54. The van der Waals surface area contributed by atoms with Crippen LogP contribution >= 0.6 is 0 Å². The quantitative estimate of drug-likeness (QED) is 0.461. The molecule has 2 fully saturated rings. The topological polar surface area (TPSA) is 58.6 Å². The second-order valence-corrected chi connectivity index (χ2v) is 7.70. The molecule has 0 aromatic heterocycles.